The van der Waals surface area contributed by atoms with Gasteiger partial charge < -0.3 is 10.6 Å². The molecule has 1 aromatic carbocycles. The Labute approximate surface area is 175 Å². The predicted molar refractivity (Wildman–Crippen MR) is 120 cm³/mol. The molecular weight excluding hydrogens is 374 g/mol. The summed E-state index contributed by atoms with van der Waals surface area (Å²) in [4.78, 5) is 25.8. The summed E-state index contributed by atoms with van der Waals surface area (Å²) in [5.41, 5.74) is 4.05. The summed E-state index contributed by atoms with van der Waals surface area (Å²) < 4.78 is 0. The van der Waals surface area contributed by atoms with E-state index in [1.54, 1.807) is 36.9 Å². The molecule has 3 aromatic heterocycles. The quantitative estimate of drug-likeness (QED) is 0.487. The minimum absolute atomic E-state index is 0.0619. The maximum atomic E-state index is 12.9. The van der Waals surface area contributed by atoms with Gasteiger partial charge in [-0.05, 0) is 47.4 Å². The lowest BCUT2D eigenvalue weighted by molar-refractivity contribution is 0.102. The summed E-state index contributed by atoms with van der Waals surface area (Å²) in [7, 11) is 0. The lowest BCUT2D eigenvalue weighted by Gasteiger charge is -2.19. The van der Waals surface area contributed by atoms with E-state index in [1.165, 1.54) is 5.56 Å². The van der Waals surface area contributed by atoms with Gasteiger partial charge in [0.05, 0.1) is 23.0 Å². The van der Waals surface area contributed by atoms with E-state index >= 15 is 0 Å². The highest BCUT2D eigenvalue weighted by atomic mass is 16.1. The Morgan fingerprint density at radius 1 is 0.900 bits per heavy atom. The number of hydrogen-bond donors (Lipinski definition) is 2. The first kappa shape index (κ1) is 19.5. The number of benzene rings is 1. The highest BCUT2D eigenvalue weighted by Crippen LogP contribution is 2.25. The number of rotatable bonds is 4. The Balaban J connectivity index is 1.55. The van der Waals surface area contributed by atoms with Crippen LogP contribution in [0.25, 0.3) is 10.9 Å². The number of hydrogen-bond acceptors (Lipinski definition) is 5. The summed E-state index contributed by atoms with van der Waals surface area (Å²) in [5.74, 6) is 0.232. The van der Waals surface area contributed by atoms with E-state index in [0.717, 1.165) is 22.3 Å². The van der Waals surface area contributed by atoms with E-state index in [9.17, 15) is 4.79 Å². The number of carbonyl (C=O) groups is 1. The molecule has 4 aromatic rings. The van der Waals surface area contributed by atoms with Crippen molar-refractivity contribution in [2.45, 2.75) is 26.2 Å². The van der Waals surface area contributed by atoms with Gasteiger partial charge >= 0.3 is 0 Å². The van der Waals surface area contributed by atoms with Crippen molar-refractivity contribution in [2.75, 3.05) is 10.6 Å². The topological polar surface area (TPSA) is 79.8 Å². The molecule has 0 fully saturated rings. The molecule has 0 atom stereocenters. The van der Waals surface area contributed by atoms with Gasteiger partial charge in [-0.2, -0.15) is 0 Å². The third-order valence-electron chi connectivity index (χ3n) is 4.81. The average molecular weight is 397 g/mol. The summed E-state index contributed by atoms with van der Waals surface area (Å²) in [6.07, 6.45) is 6.82. The van der Waals surface area contributed by atoms with Gasteiger partial charge in [-0.1, -0.05) is 32.9 Å². The predicted octanol–water partition coefficient (Wildman–Crippen LogP) is 5.32. The lowest BCUT2D eigenvalue weighted by Crippen LogP contribution is -2.15. The number of nitrogens with one attached hydrogen (secondary N) is 2. The summed E-state index contributed by atoms with van der Waals surface area (Å²) >= 11 is 0. The fourth-order valence-corrected chi connectivity index (χ4v) is 3.12. The van der Waals surface area contributed by atoms with E-state index in [2.05, 4.69) is 46.4 Å². The van der Waals surface area contributed by atoms with Gasteiger partial charge in [0.2, 0.25) is 0 Å². The van der Waals surface area contributed by atoms with Crippen molar-refractivity contribution < 1.29 is 4.79 Å². The van der Waals surface area contributed by atoms with Gasteiger partial charge in [0.25, 0.3) is 5.91 Å². The van der Waals surface area contributed by atoms with Crippen LogP contribution in [0.15, 0.2) is 73.3 Å². The van der Waals surface area contributed by atoms with Crippen molar-refractivity contribution in [2.24, 2.45) is 0 Å². The van der Waals surface area contributed by atoms with Crippen molar-refractivity contribution in [3.63, 3.8) is 0 Å². The Morgan fingerprint density at radius 3 is 2.47 bits per heavy atom. The molecule has 0 bridgehead atoms. The molecule has 0 aliphatic rings. The smallest absolute Gasteiger partial charge is 0.259 e. The maximum Gasteiger partial charge on any atom is 0.259 e. The minimum atomic E-state index is -0.232. The Hall–Kier alpha value is -3.80. The number of fused-ring (bicyclic) bond motifs is 1. The van der Waals surface area contributed by atoms with E-state index in [4.69, 9.17) is 0 Å². The second-order valence-electron chi connectivity index (χ2n) is 8.10. The first-order chi connectivity index (χ1) is 14.4. The number of carbonyl (C=O) groups excluding carboxylic acids is 1. The van der Waals surface area contributed by atoms with Gasteiger partial charge in [-0.25, -0.2) is 4.98 Å². The summed E-state index contributed by atoms with van der Waals surface area (Å²) in [5, 5.41) is 7.05. The van der Waals surface area contributed by atoms with Crippen LogP contribution < -0.4 is 10.6 Å². The molecule has 4 rings (SSSR count). The fourth-order valence-electron chi connectivity index (χ4n) is 3.12. The van der Waals surface area contributed by atoms with Crippen LogP contribution >= 0.6 is 0 Å². The van der Waals surface area contributed by atoms with Crippen LogP contribution in [-0.2, 0) is 5.41 Å². The number of pyridine rings is 3. The molecule has 0 unspecified atom stereocenters. The van der Waals surface area contributed by atoms with Crippen LogP contribution in [0.3, 0.4) is 0 Å². The van der Waals surface area contributed by atoms with Gasteiger partial charge in [-0.3, -0.25) is 14.8 Å². The minimum Gasteiger partial charge on any atom is -0.338 e. The molecule has 0 radical (unpaired) electrons. The van der Waals surface area contributed by atoms with E-state index in [1.807, 2.05) is 36.4 Å². The number of nitrogens with zero attached hydrogens (tertiary/aromatic N) is 3. The maximum absolute atomic E-state index is 12.9. The van der Waals surface area contributed by atoms with Crippen molar-refractivity contribution >= 4 is 34.0 Å². The van der Waals surface area contributed by atoms with Gasteiger partial charge in [0.1, 0.15) is 5.82 Å². The number of aromatic nitrogens is 3. The van der Waals surface area contributed by atoms with Gasteiger partial charge in [0, 0.05) is 29.7 Å². The Bertz CT molecular complexity index is 1200. The first-order valence-electron chi connectivity index (χ1n) is 9.74. The van der Waals surface area contributed by atoms with Gasteiger partial charge in [0.15, 0.2) is 0 Å². The van der Waals surface area contributed by atoms with Crippen molar-refractivity contribution in [3.8, 4) is 0 Å². The number of anilines is 3. The van der Waals surface area contributed by atoms with Crippen molar-refractivity contribution in [1.82, 2.24) is 15.0 Å². The molecule has 6 heteroatoms. The average Bonchev–Trinajstić information content (AvgIpc) is 2.74. The molecule has 0 aliphatic carbocycles. The SMILES string of the molecule is CC(C)(C)c1ccc(NC(=O)c2cccnc2Nc2cnc3ccncc3c2)cc1. The zero-order valence-corrected chi connectivity index (χ0v) is 17.2. The van der Waals surface area contributed by atoms with Gasteiger partial charge in [-0.15, -0.1) is 0 Å². The van der Waals surface area contributed by atoms with Crippen molar-refractivity contribution in [3.05, 3.63) is 84.4 Å². The van der Waals surface area contributed by atoms with Crippen LogP contribution in [-0.4, -0.2) is 20.9 Å². The third kappa shape index (κ3) is 4.27. The monoisotopic (exact) mass is 397 g/mol. The largest absolute Gasteiger partial charge is 0.338 e. The normalized spacial score (nSPS) is 11.3. The van der Waals surface area contributed by atoms with E-state index in [-0.39, 0.29) is 11.3 Å². The van der Waals surface area contributed by atoms with Crippen LogP contribution in [0.1, 0.15) is 36.7 Å². The Morgan fingerprint density at radius 2 is 1.70 bits per heavy atom. The van der Waals surface area contributed by atoms with Crippen LogP contribution in [0.4, 0.5) is 17.2 Å². The van der Waals surface area contributed by atoms with Crippen LogP contribution in [0.5, 0.6) is 0 Å². The highest BCUT2D eigenvalue weighted by molar-refractivity contribution is 6.07. The molecule has 6 nitrogen and oxygen atoms in total. The van der Waals surface area contributed by atoms with E-state index in [0.29, 0.717) is 11.4 Å². The molecule has 0 saturated heterocycles. The molecule has 0 aliphatic heterocycles. The third-order valence-corrected chi connectivity index (χ3v) is 4.81. The second-order valence-corrected chi connectivity index (χ2v) is 8.10. The molecule has 1 amide bonds. The number of amides is 1. The second kappa shape index (κ2) is 7.91. The van der Waals surface area contributed by atoms with Crippen LogP contribution in [0, 0.1) is 0 Å². The van der Waals surface area contributed by atoms with Crippen LogP contribution in [0.2, 0.25) is 0 Å². The highest BCUT2D eigenvalue weighted by Gasteiger charge is 2.15. The summed E-state index contributed by atoms with van der Waals surface area (Å²) in [6.45, 7) is 6.48. The standard InChI is InChI=1S/C24H23N5O/c1-24(2,3)17-6-8-18(9-7-17)29-23(30)20-5-4-11-26-22(20)28-19-13-16-14-25-12-10-21(16)27-15-19/h4-15H,1-3H3,(H,26,28)(H,29,30). The summed E-state index contributed by atoms with van der Waals surface area (Å²) in [6, 6.07) is 15.2. The fraction of sp³-hybridized carbons (Fsp3) is 0.167. The Kier molecular flexibility index (Phi) is 5.14. The van der Waals surface area contributed by atoms with E-state index < -0.39 is 0 Å². The zero-order chi connectivity index (χ0) is 21.1. The first-order valence-corrected chi connectivity index (χ1v) is 9.74. The molecule has 3 heterocycles. The zero-order valence-electron chi connectivity index (χ0n) is 17.2. The molecule has 30 heavy (non-hydrogen) atoms. The molecule has 0 saturated carbocycles. The molecule has 2 N–H and O–H groups in total. The molecule has 0 spiro atoms. The molecular formula is C24H23N5O. The van der Waals surface area contributed by atoms with Crippen molar-refractivity contribution in [1.29, 1.82) is 0 Å². The molecule has 150 valence electrons. The lowest BCUT2D eigenvalue weighted by atomic mass is 9.87.